The van der Waals surface area contributed by atoms with Gasteiger partial charge in [0.15, 0.2) is 0 Å². The number of rotatable bonds is 4. The van der Waals surface area contributed by atoms with Crippen LogP contribution >= 0.6 is 0 Å². The van der Waals surface area contributed by atoms with Crippen LogP contribution < -0.4 is 4.90 Å². The fourth-order valence-electron chi connectivity index (χ4n) is 1.73. The minimum absolute atomic E-state index is 0.116. The largest absolute Gasteiger partial charge is 0.465 e. The van der Waals surface area contributed by atoms with Gasteiger partial charge in [-0.3, -0.25) is 9.78 Å². The lowest BCUT2D eigenvalue weighted by Gasteiger charge is -2.20. The molecule has 18 heavy (non-hydrogen) atoms. The highest BCUT2D eigenvalue weighted by Crippen LogP contribution is 2.22. The molecular weight excluding hydrogens is 230 g/mol. The Kier molecular flexibility index (Phi) is 4.67. The number of hydrogen-bond acceptors (Lipinski definition) is 5. The summed E-state index contributed by atoms with van der Waals surface area (Å²) < 4.78 is 4.89. The third-order valence-electron chi connectivity index (χ3n) is 2.50. The van der Waals surface area contributed by atoms with E-state index in [1.807, 2.05) is 6.92 Å². The van der Waals surface area contributed by atoms with Crippen molar-refractivity contribution in [3.63, 3.8) is 0 Å². The summed E-state index contributed by atoms with van der Waals surface area (Å²) in [4.78, 5) is 17.4. The Morgan fingerprint density at radius 3 is 2.78 bits per heavy atom. The molecule has 0 N–H and O–H groups in total. The first-order chi connectivity index (χ1) is 8.49. The predicted octanol–water partition coefficient (Wildman–Crippen LogP) is 1.57. The highest BCUT2D eigenvalue weighted by molar-refractivity contribution is 5.77. The van der Waals surface area contributed by atoms with Crippen LogP contribution in [0.2, 0.25) is 0 Å². The molecule has 1 heterocycles. The molecule has 96 valence electrons. The third kappa shape index (κ3) is 3.20. The zero-order valence-corrected chi connectivity index (χ0v) is 11.1. The van der Waals surface area contributed by atoms with E-state index in [0.717, 1.165) is 5.69 Å². The molecule has 0 saturated carbocycles. The summed E-state index contributed by atoms with van der Waals surface area (Å²) in [5.41, 5.74) is 2.68. The monoisotopic (exact) mass is 247 g/mol. The molecule has 0 fully saturated rings. The number of esters is 1. The molecule has 5 heteroatoms. The molecule has 0 radical (unpaired) electrons. The first-order valence-electron chi connectivity index (χ1n) is 5.74. The number of anilines is 1. The minimum Gasteiger partial charge on any atom is -0.465 e. The second-order valence-electron chi connectivity index (χ2n) is 4.02. The molecule has 5 nitrogen and oxygen atoms in total. The number of aryl methyl sites for hydroxylation is 2. The normalized spacial score (nSPS) is 9.72. The maximum absolute atomic E-state index is 11.4. The van der Waals surface area contributed by atoms with E-state index in [2.05, 4.69) is 11.1 Å². The predicted molar refractivity (Wildman–Crippen MR) is 68.3 cm³/mol. The molecule has 0 amide bonds. The van der Waals surface area contributed by atoms with Crippen molar-refractivity contribution in [2.45, 2.75) is 20.8 Å². The zero-order valence-electron chi connectivity index (χ0n) is 11.1. The third-order valence-corrected chi connectivity index (χ3v) is 2.50. The van der Waals surface area contributed by atoms with E-state index in [0.29, 0.717) is 23.6 Å². The minimum atomic E-state index is -0.309. The smallest absolute Gasteiger partial charge is 0.325 e. The van der Waals surface area contributed by atoms with Gasteiger partial charge in [0, 0.05) is 12.7 Å². The van der Waals surface area contributed by atoms with Crippen LogP contribution in [-0.2, 0) is 9.53 Å². The maximum atomic E-state index is 11.4. The fraction of sp³-hybridized carbons (Fsp3) is 0.462. The van der Waals surface area contributed by atoms with Gasteiger partial charge in [0.1, 0.15) is 12.6 Å². The van der Waals surface area contributed by atoms with Crippen molar-refractivity contribution in [3.05, 3.63) is 23.0 Å². The Labute approximate surface area is 107 Å². The fourth-order valence-corrected chi connectivity index (χ4v) is 1.73. The van der Waals surface area contributed by atoms with Crippen molar-refractivity contribution in [2.75, 3.05) is 25.1 Å². The molecule has 0 bridgehead atoms. The number of ether oxygens (including phenoxy) is 1. The lowest BCUT2D eigenvalue weighted by Crippen LogP contribution is -2.28. The van der Waals surface area contributed by atoms with Gasteiger partial charge in [-0.05, 0) is 26.8 Å². The SMILES string of the molecule is CCOC(=O)CN(C)c1cc(C)nc(C)c1C#N. The molecule has 0 aliphatic heterocycles. The first-order valence-corrected chi connectivity index (χ1v) is 5.74. The first kappa shape index (κ1) is 14.0. The van der Waals surface area contributed by atoms with E-state index in [1.54, 1.807) is 31.9 Å². The van der Waals surface area contributed by atoms with E-state index in [9.17, 15) is 4.79 Å². The van der Waals surface area contributed by atoms with Gasteiger partial charge in [-0.25, -0.2) is 0 Å². The van der Waals surface area contributed by atoms with Gasteiger partial charge in [-0.1, -0.05) is 0 Å². The van der Waals surface area contributed by atoms with Gasteiger partial charge in [0.05, 0.1) is 23.6 Å². The zero-order chi connectivity index (χ0) is 13.7. The number of nitriles is 1. The quantitative estimate of drug-likeness (QED) is 0.755. The van der Waals surface area contributed by atoms with Crippen molar-refractivity contribution >= 4 is 11.7 Å². The molecule has 1 aromatic rings. The van der Waals surface area contributed by atoms with Gasteiger partial charge in [0.25, 0.3) is 0 Å². The Hall–Kier alpha value is -2.09. The Morgan fingerprint density at radius 2 is 2.22 bits per heavy atom. The van der Waals surface area contributed by atoms with Gasteiger partial charge in [-0.15, -0.1) is 0 Å². The van der Waals surface area contributed by atoms with Crippen LogP contribution in [0.15, 0.2) is 6.07 Å². The van der Waals surface area contributed by atoms with Gasteiger partial charge >= 0.3 is 5.97 Å². The molecule has 0 saturated heterocycles. The lowest BCUT2D eigenvalue weighted by atomic mass is 10.1. The summed E-state index contributed by atoms with van der Waals surface area (Å²) in [5.74, 6) is -0.309. The molecule has 0 atom stereocenters. The molecular formula is C13H17N3O2. The lowest BCUT2D eigenvalue weighted by molar-refractivity contribution is -0.141. The van der Waals surface area contributed by atoms with Gasteiger partial charge in [-0.2, -0.15) is 5.26 Å². The van der Waals surface area contributed by atoms with Crippen LogP contribution in [0, 0.1) is 25.2 Å². The van der Waals surface area contributed by atoms with E-state index in [-0.39, 0.29) is 12.5 Å². The average Bonchev–Trinajstić information content (AvgIpc) is 2.28. The number of likely N-dealkylation sites (N-methyl/N-ethyl adjacent to an activating group) is 1. The standard InChI is InChI=1S/C13H17N3O2/c1-5-18-13(17)8-16(4)12-6-9(2)15-10(3)11(12)7-14/h6H,5,8H2,1-4H3. The number of aromatic nitrogens is 1. The molecule has 1 rings (SSSR count). The Bertz CT molecular complexity index is 492. The van der Waals surface area contributed by atoms with Crippen LogP contribution in [0.25, 0.3) is 0 Å². The van der Waals surface area contributed by atoms with Crippen molar-refractivity contribution < 1.29 is 9.53 Å². The van der Waals surface area contributed by atoms with Crippen molar-refractivity contribution in [1.82, 2.24) is 4.98 Å². The van der Waals surface area contributed by atoms with Crippen LogP contribution in [0.4, 0.5) is 5.69 Å². The number of hydrogen-bond donors (Lipinski definition) is 0. The number of pyridine rings is 1. The summed E-state index contributed by atoms with van der Waals surface area (Å²) in [5, 5.41) is 9.14. The van der Waals surface area contributed by atoms with Crippen molar-refractivity contribution in [2.24, 2.45) is 0 Å². The van der Waals surface area contributed by atoms with Gasteiger partial charge < -0.3 is 9.64 Å². The summed E-state index contributed by atoms with van der Waals surface area (Å²) >= 11 is 0. The number of nitrogens with zero attached hydrogens (tertiary/aromatic N) is 3. The average molecular weight is 247 g/mol. The Morgan fingerprint density at radius 1 is 1.56 bits per heavy atom. The summed E-state index contributed by atoms with van der Waals surface area (Å²) in [6.45, 7) is 5.88. The van der Waals surface area contributed by atoms with Crippen LogP contribution in [0.5, 0.6) is 0 Å². The summed E-state index contributed by atoms with van der Waals surface area (Å²) in [6, 6.07) is 3.92. The molecule has 0 unspecified atom stereocenters. The van der Waals surface area contributed by atoms with Gasteiger partial charge in [0.2, 0.25) is 0 Å². The van der Waals surface area contributed by atoms with Crippen molar-refractivity contribution in [3.8, 4) is 6.07 Å². The van der Waals surface area contributed by atoms with Crippen LogP contribution in [-0.4, -0.2) is 31.2 Å². The van der Waals surface area contributed by atoms with Crippen LogP contribution in [0.1, 0.15) is 23.9 Å². The molecule has 0 spiro atoms. The number of carbonyl (C=O) groups excluding carboxylic acids is 1. The number of carbonyl (C=O) groups is 1. The van der Waals surface area contributed by atoms with Crippen LogP contribution in [0.3, 0.4) is 0 Å². The summed E-state index contributed by atoms with van der Waals surface area (Å²) in [7, 11) is 1.76. The van der Waals surface area contributed by atoms with E-state index >= 15 is 0 Å². The highest BCUT2D eigenvalue weighted by Gasteiger charge is 2.14. The Balaban J connectivity index is 3.02. The second-order valence-corrected chi connectivity index (χ2v) is 4.02. The van der Waals surface area contributed by atoms with E-state index in [1.165, 1.54) is 0 Å². The van der Waals surface area contributed by atoms with Crippen molar-refractivity contribution in [1.29, 1.82) is 5.26 Å². The summed E-state index contributed by atoms with van der Waals surface area (Å²) in [6.07, 6.45) is 0. The molecule has 0 aliphatic rings. The highest BCUT2D eigenvalue weighted by atomic mass is 16.5. The molecule has 0 aliphatic carbocycles. The van der Waals surface area contributed by atoms with E-state index in [4.69, 9.17) is 10.00 Å². The second kappa shape index (κ2) is 6.01. The maximum Gasteiger partial charge on any atom is 0.325 e. The molecule has 0 aromatic carbocycles. The van der Waals surface area contributed by atoms with E-state index < -0.39 is 0 Å². The molecule has 1 aromatic heterocycles. The topological polar surface area (TPSA) is 66.2 Å².